The summed E-state index contributed by atoms with van der Waals surface area (Å²) in [6, 6.07) is 3.14. The van der Waals surface area contributed by atoms with Crippen LogP contribution in [0.4, 0.5) is 0 Å². The molecule has 2 heterocycles. The van der Waals surface area contributed by atoms with E-state index in [-0.39, 0.29) is 14.9 Å². The molecule has 2 nitrogen and oxygen atoms in total. The fraction of sp³-hybridized carbons (Fsp3) is 1.00. The molecule has 2 aliphatic rings. The zero-order chi connectivity index (χ0) is 12.7. The molecule has 0 amide bonds. The monoisotopic (exact) mass is 304 g/mol. The highest BCUT2D eigenvalue weighted by Crippen LogP contribution is 2.41. The maximum atomic E-state index is 6.63. The molecule has 2 rings (SSSR count). The van der Waals surface area contributed by atoms with E-state index in [9.17, 15) is 0 Å². The standard InChI is InChI=1S/C11H28O2Si4/c1-11(2)7-10-17(5,16(3,4)13-11)15-9-6-8-12-14-15/h15H,6-10,14H2,1-5H3. The fourth-order valence-corrected chi connectivity index (χ4v) is 58.0. The first-order chi connectivity index (χ1) is 7.77. The first kappa shape index (κ1) is 14.2. The Labute approximate surface area is 112 Å². The van der Waals surface area contributed by atoms with Crippen LogP contribution in [0.5, 0.6) is 0 Å². The van der Waals surface area contributed by atoms with Gasteiger partial charge in [0.1, 0.15) is 9.28 Å². The lowest BCUT2D eigenvalue weighted by Crippen LogP contribution is -2.74. The van der Waals surface area contributed by atoms with Crippen molar-refractivity contribution in [3.63, 3.8) is 0 Å². The van der Waals surface area contributed by atoms with Crippen molar-refractivity contribution in [3.8, 4) is 0 Å². The molecule has 6 heteroatoms. The highest BCUT2D eigenvalue weighted by molar-refractivity contribution is 7.72. The van der Waals surface area contributed by atoms with E-state index < -0.39 is 22.8 Å². The molecular formula is C11H28O2Si4. The van der Waals surface area contributed by atoms with Crippen molar-refractivity contribution in [2.45, 2.75) is 64.0 Å². The summed E-state index contributed by atoms with van der Waals surface area (Å²) >= 11 is 0. The Morgan fingerprint density at radius 1 is 1.24 bits per heavy atom. The SMILES string of the molecule is CC1(C)CC[Si](C)([SiH]2CCCO[SiH2]2)[Si](C)(C)O1. The van der Waals surface area contributed by atoms with Crippen molar-refractivity contribution in [1.29, 1.82) is 0 Å². The summed E-state index contributed by atoms with van der Waals surface area (Å²) in [4.78, 5) is 0. The van der Waals surface area contributed by atoms with Gasteiger partial charge in [0, 0.05) is 6.61 Å². The second-order valence-electron chi connectivity index (χ2n) is 7.20. The van der Waals surface area contributed by atoms with Gasteiger partial charge >= 0.3 is 0 Å². The molecule has 2 saturated heterocycles. The maximum absolute atomic E-state index is 6.63. The van der Waals surface area contributed by atoms with Crippen LogP contribution in [0.2, 0.25) is 31.7 Å². The van der Waals surface area contributed by atoms with Crippen LogP contribution in [-0.4, -0.2) is 44.3 Å². The van der Waals surface area contributed by atoms with Crippen molar-refractivity contribution in [1.82, 2.24) is 0 Å². The summed E-state index contributed by atoms with van der Waals surface area (Å²) in [6.07, 6.45) is 2.67. The van der Waals surface area contributed by atoms with E-state index >= 15 is 0 Å². The van der Waals surface area contributed by atoms with E-state index in [2.05, 4.69) is 33.5 Å². The summed E-state index contributed by atoms with van der Waals surface area (Å²) in [5.74, 6) is 0. The zero-order valence-corrected chi connectivity index (χ0v) is 16.7. The highest BCUT2D eigenvalue weighted by Gasteiger charge is 2.57. The minimum Gasteiger partial charge on any atom is -0.428 e. The van der Waals surface area contributed by atoms with Gasteiger partial charge in [-0.2, -0.15) is 0 Å². The average Bonchev–Trinajstić information content (AvgIpc) is 2.24. The number of hydrogen-bond donors (Lipinski definition) is 0. The molecule has 0 aromatic heterocycles. The van der Waals surface area contributed by atoms with Gasteiger partial charge in [0.25, 0.3) is 0 Å². The molecule has 2 aliphatic heterocycles. The quantitative estimate of drug-likeness (QED) is 0.689. The van der Waals surface area contributed by atoms with Gasteiger partial charge in [-0.3, -0.25) is 0 Å². The summed E-state index contributed by atoms with van der Waals surface area (Å²) in [5.41, 5.74) is 0.160. The lowest BCUT2D eigenvalue weighted by Gasteiger charge is -2.54. The number of rotatable bonds is 1. The molecule has 2 fully saturated rings. The smallest absolute Gasteiger partial charge is 0.171 e. The first-order valence-corrected chi connectivity index (χ1v) is 20.1. The van der Waals surface area contributed by atoms with Crippen molar-refractivity contribution in [2.24, 2.45) is 0 Å². The van der Waals surface area contributed by atoms with Gasteiger partial charge in [-0.05, 0) is 39.8 Å². The molecular weight excluding hydrogens is 276 g/mol. The molecule has 2 atom stereocenters. The molecule has 0 aromatic carbocycles. The Balaban J connectivity index is 2.18. The van der Waals surface area contributed by atoms with Gasteiger partial charge < -0.3 is 8.85 Å². The molecule has 0 aliphatic carbocycles. The third-order valence-electron chi connectivity index (χ3n) is 5.21. The summed E-state index contributed by atoms with van der Waals surface area (Å²) in [7, 11) is -3.11. The Morgan fingerprint density at radius 3 is 2.47 bits per heavy atom. The molecule has 100 valence electrons. The molecule has 0 bridgehead atoms. The van der Waals surface area contributed by atoms with E-state index in [1.165, 1.54) is 12.8 Å². The number of hydrogen-bond acceptors (Lipinski definition) is 2. The van der Waals surface area contributed by atoms with E-state index in [4.69, 9.17) is 8.85 Å². The molecule has 0 radical (unpaired) electrons. The minimum atomic E-state index is -1.41. The first-order valence-electron chi connectivity index (χ1n) is 7.05. The Kier molecular flexibility index (Phi) is 3.94. The van der Waals surface area contributed by atoms with Gasteiger partial charge in [-0.25, -0.2) is 0 Å². The lowest BCUT2D eigenvalue weighted by atomic mass is 10.1. The lowest BCUT2D eigenvalue weighted by molar-refractivity contribution is 0.0939. The topological polar surface area (TPSA) is 18.5 Å². The Hall–Kier alpha value is 0.788. The maximum Gasteiger partial charge on any atom is 0.171 e. The zero-order valence-electron chi connectivity index (χ0n) is 12.1. The van der Waals surface area contributed by atoms with Crippen molar-refractivity contribution < 1.29 is 8.85 Å². The van der Waals surface area contributed by atoms with Crippen molar-refractivity contribution >= 4 is 32.1 Å². The largest absolute Gasteiger partial charge is 0.428 e. The molecule has 2 unspecified atom stereocenters. The normalized spacial score (nSPS) is 42.5. The van der Waals surface area contributed by atoms with Crippen molar-refractivity contribution in [3.05, 3.63) is 0 Å². The summed E-state index contributed by atoms with van der Waals surface area (Å²) < 4.78 is 12.6. The van der Waals surface area contributed by atoms with Crippen LogP contribution >= 0.6 is 0 Å². The third kappa shape index (κ3) is 2.71. The van der Waals surface area contributed by atoms with Gasteiger partial charge in [0.05, 0.1) is 20.5 Å². The van der Waals surface area contributed by atoms with E-state index in [1.54, 1.807) is 12.1 Å². The molecule has 17 heavy (non-hydrogen) atoms. The molecule has 0 N–H and O–H groups in total. The molecule has 0 aromatic rings. The van der Waals surface area contributed by atoms with Crippen LogP contribution in [0.25, 0.3) is 0 Å². The van der Waals surface area contributed by atoms with E-state index in [0.717, 1.165) is 6.61 Å². The van der Waals surface area contributed by atoms with Crippen LogP contribution < -0.4 is 0 Å². The van der Waals surface area contributed by atoms with Crippen LogP contribution in [0.15, 0.2) is 0 Å². The van der Waals surface area contributed by atoms with Crippen LogP contribution in [0, 0.1) is 0 Å². The Bertz CT molecular complexity index is 289. The summed E-state index contributed by atoms with van der Waals surface area (Å²) in [5, 5.41) is 0. The molecule has 0 saturated carbocycles. The van der Waals surface area contributed by atoms with Gasteiger partial charge in [0.15, 0.2) is 7.83 Å². The second kappa shape index (κ2) is 4.72. The predicted molar refractivity (Wildman–Crippen MR) is 84.8 cm³/mol. The van der Waals surface area contributed by atoms with Crippen LogP contribution in [-0.2, 0) is 8.85 Å². The van der Waals surface area contributed by atoms with Crippen molar-refractivity contribution in [2.75, 3.05) is 6.61 Å². The predicted octanol–water partition coefficient (Wildman–Crippen LogP) is 1.85. The van der Waals surface area contributed by atoms with E-state index in [0.29, 0.717) is 0 Å². The van der Waals surface area contributed by atoms with Crippen LogP contribution in [0.1, 0.15) is 26.7 Å². The van der Waals surface area contributed by atoms with Gasteiger partial charge in [0.2, 0.25) is 0 Å². The third-order valence-corrected chi connectivity index (χ3v) is 57.0. The minimum absolute atomic E-state index is 0.129. The van der Waals surface area contributed by atoms with E-state index in [1.807, 2.05) is 0 Å². The fourth-order valence-electron chi connectivity index (χ4n) is 3.66. The average molecular weight is 305 g/mol. The van der Waals surface area contributed by atoms with Crippen LogP contribution in [0.3, 0.4) is 0 Å². The molecule has 0 spiro atoms. The van der Waals surface area contributed by atoms with Gasteiger partial charge in [-0.1, -0.05) is 18.6 Å². The Morgan fingerprint density at radius 2 is 1.94 bits per heavy atom. The van der Waals surface area contributed by atoms with Gasteiger partial charge in [-0.15, -0.1) is 0 Å². The summed E-state index contributed by atoms with van der Waals surface area (Å²) in [6.45, 7) is 13.4. The second-order valence-corrected chi connectivity index (χ2v) is 37.9. The highest BCUT2D eigenvalue weighted by atomic mass is 29.8.